The third-order valence-corrected chi connectivity index (χ3v) is 5.34. The van der Waals surface area contributed by atoms with Crippen molar-refractivity contribution >= 4 is 23.7 Å². The zero-order valence-corrected chi connectivity index (χ0v) is 20.6. The van der Waals surface area contributed by atoms with Crippen LogP contribution in [0, 0.1) is 11.3 Å². The summed E-state index contributed by atoms with van der Waals surface area (Å²) in [7, 11) is 1.16. The van der Waals surface area contributed by atoms with Crippen molar-refractivity contribution < 1.29 is 33.3 Å². The lowest BCUT2D eigenvalue weighted by Crippen LogP contribution is -2.59. The number of hydrogen-bond donors (Lipinski definition) is 1. The van der Waals surface area contributed by atoms with E-state index in [1.807, 2.05) is 6.07 Å². The van der Waals surface area contributed by atoms with Crippen molar-refractivity contribution in [2.45, 2.75) is 44.4 Å². The SMILES string of the molecule is COC(=O)C(N)(Cc1ccc(OCC2CN(c3ccc(C#N)cc3)C(=O)O2)cc1)C(=O)OC(C)(C)C. The molecule has 2 unspecified atom stereocenters. The molecule has 0 spiro atoms. The van der Waals surface area contributed by atoms with Crippen molar-refractivity contribution in [1.82, 2.24) is 0 Å². The highest BCUT2D eigenvalue weighted by Crippen LogP contribution is 2.24. The molecule has 2 aromatic carbocycles. The number of rotatable bonds is 8. The van der Waals surface area contributed by atoms with Crippen molar-refractivity contribution in [2.24, 2.45) is 5.73 Å². The van der Waals surface area contributed by atoms with Crippen LogP contribution in [0.15, 0.2) is 48.5 Å². The largest absolute Gasteiger partial charge is 0.490 e. The van der Waals surface area contributed by atoms with E-state index in [1.54, 1.807) is 69.3 Å². The molecule has 1 aliphatic heterocycles. The number of anilines is 1. The summed E-state index contributed by atoms with van der Waals surface area (Å²) in [5.41, 5.74) is 5.05. The molecule has 36 heavy (non-hydrogen) atoms. The third-order valence-electron chi connectivity index (χ3n) is 5.34. The second kappa shape index (κ2) is 10.7. The van der Waals surface area contributed by atoms with Gasteiger partial charge in [0.25, 0.3) is 0 Å². The lowest BCUT2D eigenvalue weighted by atomic mass is 9.91. The summed E-state index contributed by atoms with van der Waals surface area (Å²) in [6, 6.07) is 15.3. The van der Waals surface area contributed by atoms with Gasteiger partial charge >= 0.3 is 18.0 Å². The van der Waals surface area contributed by atoms with Gasteiger partial charge in [-0.15, -0.1) is 0 Å². The first-order valence-corrected chi connectivity index (χ1v) is 11.3. The molecule has 0 bridgehead atoms. The highest BCUT2D eigenvalue weighted by Gasteiger charge is 2.46. The van der Waals surface area contributed by atoms with Crippen molar-refractivity contribution in [3.05, 3.63) is 59.7 Å². The van der Waals surface area contributed by atoms with Crippen LogP contribution in [0.25, 0.3) is 0 Å². The molecule has 1 heterocycles. The minimum Gasteiger partial charge on any atom is -0.490 e. The molecule has 2 atom stereocenters. The van der Waals surface area contributed by atoms with Gasteiger partial charge < -0.3 is 24.7 Å². The Morgan fingerprint density at radius 1 is 1.11 bits per heavy atom. The van der Waals surface area contributed by atoms with Gasteiger partial charge in [-0.25, -0.2) is 14.4 Å². The Hall–Kier alpha value is -4.10. The first-order chi connectivity index (χ1) is 16.9. The van der Waals surface area contributed by atoms with Gasteiger partial charge in [-0.2, -0.15) is 5.26 Å². The monoisotopic (exact) mass is 495 g/mol. The molecule has 190 valence electrons. The number of carbonyl (C=O) groups is 3. The number of carbonyl (C=O) groups excluding carboxylic acids is 3. The fourth-order valence-electron chi connectivity index (χ4n) is 3.53. The summed E-state index contributed by atoms with van der Waals surface area (Å²) in [5, 5.41) is 8.92. The molecule has 10 heteroatoms. The minimum atomic E-state index is -2.00. The smallest absolute Gasteiger partial charge is 0.414 e. The van der Waals surface area contributed by atoms with Crippen LogP contribution in [0.3, 0.4) is 0 Å². The number of nitrogens with zero attached hydrogens (tertiary/aromatic N) is 2. The van der Waals surface area contributed by atoms with Crippen LogP contribution < -0.4 is 15.4 Å². The summed E-state index contributed by atoms with van der Waals surface area (Å²) >= 11 is 0. The zero-order chi connectivity index (χ0) is 26.5. The maximum atomic E-state index is 12.7. The van der Waals surface area contributed by atoms with Crippen LogP contribution in [0.5, 0.6) is 5.75 Å². The fourth-order valence-corrected chi connectivity index (χ4v) is 3.53. The van der Waals surface area contributed by atoms with E-state index in [2.05, 4.69) is 0 Å². The Kier molecular flexibility index (Phi) is 7.85. The Morgan fingerprint density at radius 2 is 1.75 bits per heavy atom. The van der Waals surface area contributed by atoms with Crippen LogP contribution in [0.1, 0.15) is 31.9 Å². The van der Waals surface area contributed by atoms with Crippen LogP contribution in [0.4, 0.5) is 10.5 Å². The van der Waals surface area contributed by atoms with Gasteiger partial charge in [0.05, 0.1) is 25.3 Å². The van der Waals surface area contributed by atoms with E-state index in [4.69, 9.17) is 29.9 Å². The maximum Gasteiger partial charge on any atom is 0.414 e. The van der Waals surface area contributed by atoms with Crippen LogP contribution >= 0.6 is 0 Å². The van der Waals surface area contributed by atoms with Gasteiger partial charge in [0.1, 0.15) is 18.0 Å². The molecule has 1 aliphatic rings. The summed E-state index contributed by atoms with van der Waals surface area (Å²) in [4.78, 5) is 38.7. The fraction of sp³-hybridized carbons (Fsp3) is 0.385. The predicted molar refractivity (Wildman–Crippen MR) is 129 cm³/mol. The number of esters is 2. The standard InChI is InChI=1S/C26H29N3O7/c1-25(2,3)36-23(31)26(28,22(30)33-4)13-17-7-11-20(12-8-17)34-16-21-15-29(24(32)35-21)19-9-5-18(14-27)6-10-19/h5-12,21H,13,15-16,28H2,1-4H3. The van der Waals surface area contributed by atoms with Crippen molar-refractivity contribution in [3.8, 4) is 11.8 Å². The summed E-state index contributed by atoms with van der Waals surface area (Å²) < 4.78 is 21.2. The van der Waals surface area contributed by atoms with Gasteiger partial charge in [0.2, 0.25) is 5.54 Å². The topological polar surface area (TPSA) is 141 Å². The van der Waals surface area contributed by atoms with Crippen molar-refractivity contribution in [2.75, 3.05) is 25.2 Å². The van der Waals surface area contributed by atoms with Crippen molar-refractivity contribution in [1.29, 1.82) is 5.26 Å². The number of ether oxygens (including phenoxy) is 4. The molecule has 0 radical (unpaired) electrons. The van der Waals surface area contributed by atoms with Gasteiger partial charge in [-0.1, -0.05) is 12.1 Å². The number of methoxy groups -OCH3 is 1. The van der Waals surface area contributed by atoms with Crippen LogP contribution in [-0.2, 0) is 30.2 Å². The number of cyclic esters (lactones) is 1. The molecule has 2 N–H and O–H groups in total. The number of amides is 1. The molecule has 0 aromatic heterocycles. The molecular formula is C26H29N3O7. The van der Waals surface area contributed by atoms with Gasteiger partial charge in [0.15, 0.2) is 6.10 Å². The molecule has 1 saturated heterocycles. The number of benzene rings is 2. The molecule has 1 fully saturated rings. The normalized spacial score (nSPS) is 16.9. The van der Waals surface area contributed by atoms with E-state index in [0.29, 0.717) is 29.1 Å². The highest BCUT2D eigenvalue weighted by molar-refractivity contribution is 6.05. The quantitative estimate of drug-likeness (QED) is 0.332. The lowest BCUT2D eigenvalue weighted by molar-refractivity contribution is -0.170. The number of hydrogen-bond acceptors (Lipinski definition) is 9. The van der Waals surface area contributed by atoms with Gasteiger partial charge in [-0.3, -0.25) is 4.90 Å². The second-order valence-electron chi connectivity index (χ2n) is 9.37. The molecule has 3 rings (SSSR count). The third kappa shape index (κ3) is 6.31. The number of nitrogens with two attached hydrogens (primary N) is 1. The Bertz CT molecular complexity index is 1150. The van der Waals surface area contributed by atoms with Gasteiger partial charge in [-0.05, 0) is 62.7 Å². The summed E-state index contributed by atoms with van der Waals surface area (Å²) in [6.07, 6.45) is -1.11. The highest BCUT2D eigenvalue weighted by atomic mass is 16.6. The van der Waals surface area contributed by atoms with Crippen molar-refractivity contribution in [3.63, 3.8) is 0 Å². The van der Waals surface area contributed by atoms with E-state index in [-0.39, 0.29) is 13.0 Å². The predicted octanol–water partition coefficient (Wildman–Crippen LogP) is 2.72. The van der Waals surface area contributed by atoms with Crippen LogP contribution in [-0.4, -0.2) is 55.5 Å². The molecule has 1 amide bonds. The maximum absolute atomic E-state index is 12.7. The molecule has 10 nitrogen and oxygen atoms in total. The second-order valence-corrected chi connectivity index (χ2v) is 9.37. The average molecular weight is 496 g/mol. The first-order valence-electron chi connectivity index (χ1n) is 11.3. The van der Waals surface area contributed by atoms with E-state index >= 15 is 0 Å². The molecule has 0 saturated carbocycles. The lowest BCUT2D eigenvalue weighted by Gasteiger charge is -2.29. The van der Waals surface area contributed by atoms with E-state index in [1.165, 1.54) is 4.90 Å². The average Bonchev–Trinajstić information content (AvgIpc) is 3.22. The van der Waals surface area contributed by atoms with Crippen LogP contribution in [0.2, 0.25) is 0 Å². The summed E-state index contributed by atoms with van der Waals surface area (Å²) in [6.45, 7) is 5.46. The van der Waals surface area contributed by atoms with E-state index in [0.717, 1.165) is 7.11 Å². The summed E-state index contributed by atoms with van der Waals surface area (Å²) in [5.74, 6) is -1.27. The Morgan fingerprint density at radius 3 is 2.31 bits per heavy atom. The first kappa shape index (κ1) is 26.5. The Labute approximate surface area is 209 Å². The van der Waals surface area contributed by atoms with Gasteiger partial charge in [0, 0.05) is 12.1 Å². The van der Waals surface area contributed by atoms with E-state index in [9.17, 15) is 14.4 Å². The molecule has 0 aliphatic carbocycles. The zero-order valence-electron chi connectivity index (χ0n) is 20.6. The minimum absolute atomic E-state index is 0.124. The molecular weight excluding hydrogens is 466 g/mol. The molecule has 2 aromatic rings. The Balaban J connectivity index is 1.60. The van der Waals surface area contributed by atoms with E-state index < -0.39 is 35.3 Å². The number of nitriles is 1.